The van der Waals surface area contributed by atoms with Crippen LogP contribution in [0.4, 0.5) is 0 Å². The fraction of sp³-hybridized carbons (Fsp3) is 0.333. The maximum absolute atomic E-state index is 11.5. The molecule has 1 aliphatic rings. The van der Waals surface area contributed by atoms with Crippen LogP contribution in [0.15, 0.2) is 28.7 Å². The summed E-state index contributed by atoms with van der Waals surface area (Å²) in [5, 5.41) is 0. The third kappa shape index (κ3) is 2.50. The number of rotatable bonds is 2. The number of cyclic esters (lactones) is 2. The second-order valence-electron chi connectivity index (χ2n) is 3.82. The van der Waals surface area contributed by atoms with Crippen LogP contribution in [0.3, 0.4) is 0 Å². The van der Waals surface area contributed by atoms with Crippen molar-refractivity contribution in [3.05, 3.63) is 34.3 Å². The summed E-state index contributed by atoms with van der Waals surface area (Å²) >= 11 is 3.44. The van der Waals surface area contributed by atoms with E-state index in [4.69, 9.17) is 0 Å². The van der Waals surface area contributed by atoms with Gasteiger partial charge in [-0.2, -0.15) is 0 Å². The molecule has 0 aliphatic carbocycles. The Hall–Kier alpha value is -1.16. The highest BCUT2D eigenvalue weighted by atomic mass is 79.9. The van der Waals surface area contributed by atoms with Gasteiger partial charge in [0.15, 0.2) is 0 Å². The summed E-state index contributed by atoms with van der Waals surface area (Å²) in [5.74, 6) is -1.00. The molecule has 1 saturated heterocycles. The van der Waals surface area contributed by atoms with Crippen LogP contribution in [0.2, 0.25) is 0 Å². The quantitative estimate of drug-likeness (QED) is 0.618. The van der Waals surface area contributed by atoms with Crippen molar-refractivity contribution in [1.29, 1.82) is 0 Å². The molecule has 0 aromatic heterocycles. The Morgan fingerprint density at radius 1 is 1.31 bits per heavy atom. The Labute approximate surface area is 102 Å². The molecular weight excluding hydrogens is 272 g/mol. The first-order valence-electron chi connectivity index (χ1n) is 5.15. The zero-order valence-corrected chi connectivity index (χ0v) is 10.2. The molecule has 3 nitrogen and oxygen atoms in total. The molecule has 1 heterocycles. The lowest BCUT2D eigenvalue weighted by Gasteiger charge is -2.19. The number of halogens is 1. The predicted octanol–water partition coefficient (Wildman–Crippen LogP) is 2.47. The lowest BCUT2D eigenvalue weighted by molar-refractivity contribution is -0.167. The smallest absolute Gasteiger partial charge is 0.316 e. The van der Waals surface area contributed by atoms with Gasteiger partial charge in [0, 0.05) is 10.9 Å². The fourth-order valence-electron chi connectivity index (χ4n) is 1.77. The number of hydrogen-bond donors (Lipinski definition) is 0. The van der Waals surface area contributed by atoms with Crippen LogP contribution in [0.25, 0.3) is 0 Å². The molecule has 0 bridgehead atoms. The SMILES string of the molecule is O=C1CCC(Cc2ccccc2Br)C(=O)O1. The first-order chi connectivity index (χ1) is 7.66. The van der Waals surface area contributed by atoms with Gasteiger partial charge in [-0.05, 0) is 24.5 Å². The van der Waals surface area contributed by atoms with E-state index < -0.39 is 11.9 Å². The van der Waals surface area contributed by atoms with E-state index in [-0.39, 0.29) is 5.92 Å². The minimum absolute atomic E-state index is 0.198. The average molecular weight is 283 g/mol. The molecule has 1 fully saturated rings. The molecule has 1 aromatic rings. The van der Waals surface area contributed by atoms with Crippen molar-refractivity contribution in [1.82, 2.24) is 0 Å². The van der Waals surface area contributed by atoms with Gasteiger partial charge in [-0.3, -0.25) is 9.59 Å². The molecule has 0 spiro atoms. The molecular formula is C12H11BrO3. The number of ether oxygens (including phenoxy) is 1. The van der Waals surface area contributed by atoms with Gasteiger partial charge in [-0.25, -0.2) is 0 Å². The summed E-state index contributed by atoms with van der Waals surface area (Å²) in [6.07, 6.45) is 1.54. The minimum atomic E-state index is -0.409. The van der Waals surface area contributed by atoms with E-state index in [9.17, 15) is 9.59 Å². The maximum atomic E-state index is 11.5. The Balaban J connectivity index is 2.08. The van der Waals surface area contributed by atoms with E-state index in [0.29, 0.717) is 19.3 Å². The van der Waals surface area contributed by atoms with Crippen molar-refractivity contribution in [2.24, 2.45) is 5.92 Å². The second-order valence-corrected chi connectivity index (χ2v) is 4.68. The molecule has 1 atom stereocenters. The zero-order valence-electron chi connectivity index (χ0n) is 8.61. The summed E-state index contributed by atoms with van der Waals surface area (Å²) in [5.41, 5.74) is 1.07. The van der Waals surface area contributed by atoms with Crippen molar-refractivity contribution < 1.29 is 14.3 Å². The Morgan fingerprint density at radius 3 is 2.75 bits per heavy atom. The van der Waals surface area contributed by atoms with Crippen LogP contribution in [0.1, 0.15) is 18.4 Å². The van der Waals surface area contributed by atoms with Gasteiger partial charge in [0.05, 0.1) is 5.92 Å². The van der Waals surface area contributed by atoms with Gasteiger partial charge in [0.1, 0.15) is 0 Å². The minimum Gasteiger partial charge on any atom is -0.393 e. The van der Waals surface area contributed by atoms with Gasteiger partial charge in [0.25, 0.3) is 0 Å². The number of carbonyl (C=O) groups excluding carboxylic acids is 2. The number of hydrogen-bond acceptors (Lipinski definition) is 3. The van der Waals surface area contributed by atoms with Gasteiger partial charge in [-0.15, -0.1) is 0 Å². The molecule has 0 amide bonds. The first kappa shape index (κ1) is 11.3. The largest absolute Gasteiger partial charge is 0.393 e. The molecule has 1 aliphatic heterocycles. The summed E-state index contributed by atoms with van der Waals surface area (Å²) < 4.78 is 5.60. The Kier molecular flexibility index (Phi) is 3.39. The second kappa shape index (κ2) is 4.78. The molecule has 0 radical (unpaired) electrons. The van der Waals surface area contributed by atoms with Crippen LogP contribution in [-0.2, 0) is 20.7 Å². The van der Waals surface area contributed by atoms with Crippen molar-refractivity contribution >= 4 is 27.9 Å². The van der Waals surface area contributed by atoms with E-state index in [1.165, 1.54) is 0 Å². The van der Waals surface area contributed by atoms with Crippen molar-refractivity contribution in [2.75, 3.05) is 0 Å². The molecule has 1 unspecified atom stereocenters. The predicted molar refractivity (Wildman–Crippen MR) is 61.7 cm³/mol. The molecule has 84 valence electrons. The lowest BCUT2D eigenvalue weighted by Crippen LogP contribution is -2.29. The van der Waals surface area contributed by atoms with Crippen LogP contribution in [-0.4, -0.2) is 11.9 Å². The highest BCUT2D eigenvalue weighted by molar-refractivity contribution is 9.10. The normalized spacial score (nSPS) is 20.7. The van der Waals surface area contributed by atoms with Gasteiger partial charge in [-0.1, -0.05) is 34.1 Å². The zero-order chi connectivity index (χ0) is 11.5. The fourth-order valence-corrected chi connectivity index (χ4v) is 2.22. The monoisotopic (exact) mass is 282 g/mol. The number of benzene rings is 1. The lowest BCUT2D eigenvalue weighted by atomic mass is 9.93. The molecule has 1 aromatic carbocycles. The molecule has 4 heteroatoms. The number of esters is 2. The maximum Gasteiger partial charge on any atom is 0.316 e. The molecule has 16 heavy (non-hydrogen) atoms. The Morgan fingerprint density at radius 2 is 2.06 bits per heavy atom. The van der Waals surface area contributed by atoms with Crippen LogP contribution >= 0.6 is 15.9 Å². The standard InChI is InChI=1S/C12H11BrO3/c13-10-4-2-1-3-8(10)7-9-5-6-11(14)16-12(9)15/h1-4,9H,5-7H2. The molecule has 0 N–H and O–H groups in total. The number of carbonyl (C=O) groups is 2. The van der Waals surface area contributed by atoms with Gasteiger partial charge < -0.3 is 4.74 Å². The van der Waals surface area contributed by atoms with Gasteiger partial charge >= 0.3 is 11.9 Å². The third-order valence-corrected chi connectivity index (χ3v) is 3.44. The van der Waals surface area contributed by atoms with Gasteiger partial charge in [0.2, 0.25) is 0 Å². The van der Waals surface area contributed by atoms with Crippen molar-refractivity contribution in [3.63, 3.8) is 0 Å². The summed E-state index contributed by atoms with van der Waals surface area (Å²) in [4.78, 5) is 22.3. The summed E-state index contributed by atoms with van der Waals surface area (Å²) in [6.45, 7) is 0. The van der Waals surface area contributed by atoms with Crippen molar-refractivity contribution in [3.8, 4) is 0 Å². The summed E-state index contributed by atoms with van der Waals surface area (Å²) in [6, 6.07) is 7.76. The molecule has 2 rings (SSSR count). The van der Waals surface area contributed by atoms with Crippen molar-refractivity contribution in [2.45, 2.75) is 19.3 Å². The Bertz CT molecular complexity index is 428. The van der Waals surface area contributed by atoms with E-state index in [2.05, 4.69) is 20.7 Å². The van der Waals surface area contributed by atoms with E-state index >= 15 is 0 Å². The van der Waals surface area contributed by atoms with E-state index in [1.54, 1.807) is 0 Å². The first-order valence-corrected chi connectivity index (χ1v) is 5.94. The average Bonchev–Trinajstić information content (AvgIpc) is 2.25. The highest BCUT2D eigenvalue weighted by Gasteiger charge is 2.29. The molecule has 0 saturated carbocycles. The van der Waals surface area contributed by atoms with Crippen LogP contribution < -0.4 is 0 Å². The van der Waals surface area contributed by atoms with Crippen LogP contribution in [0.5, 0.6) is 0 Å². The summed E-state index contributed by atoms with van der Waals surface area (Å²) in [7, 11) is 0. The highest BCUT2D eigenvalue weighted by Crippen LogP contribution is 2.25. The van der Waals surface area contributed by atoms with E-state index in [1.807, 2.05) is 24.3 Å². The third-order valence-electron chi connectivity index (χ3n) is 2.67. The topological polar surface area (TPSA) is 43.4 Å². The van der Waals surface area contributed by atoms with Crippen LogP contribution in [0, 0.1) is 5.92 Å². The van der Waals surface area contributed by atoms with E-state index in [0.717, 1.165) is 10.0 Å².